The van der Waals surface area contributed by atoms with Gasteiger partial charge in [0.15, 0.2) is 0 Å². The maximum absolute atomic E-state index is 8.98. The second-order valence-electron chi connectivity index (χ2n) is 4.57. The van der Waals surface area contributed by atoms with Crippen LogP contribution >= 0.6 is 0 Å². The zero-order valence-electron chi connectivity index (χ0n) is 12.2. The number of rotatable bonds is 6. The van der Waals surface area contributed by atoms with E-state index in [2.05, 4.69) is 11.4 Å². The lowest BCUT2D eigenvalue weighted by Gasteiger charge is -2.12. The number of methoxy groups -OCH3 is 1. The summed E-state index contributed by atoms with van der Waals surface area (Å²) in [5.74, 6) is 1.43. The van der Waals surface area contributed by atoms with Crippen LogP contribution in [0.5, 0.6) is 11.5 Å². The standard InChI is InChI=1S/C17H18N2O2/c1-19-11-15-5-3-4-6-16(15)21-12-13-7-8-14(10-18)17(9-13)20-2/h3-9,19H,11-12H2,1-2H3. The fraction of sp³-hybridized carbons (Fsp3) is 0.235. The van der Waals surface area contributed by atoms with E-state index in [-0.39, 0.29) is 0 Å². The van der Waals surface area contributed by atoms with E-state index >= 15 is 0 Å². The van der Waals surface area contributed by atoms with Crippen LogP contribution in [-0.4, -0.2) is 14.2 Å². The van der Waals surface area contributed by atoms with Gasteiger partial charge in [-0.25, -0.2) is 0 Å². The first-order chi connectivity index (χ1) is 10.3. The van der Waals surface area contributed by atoms with E-state index in [0.717, 1.165) is 23.4 Å². The Morgan fingerprint density at radius 3 is 2.67 bits per heavy atom. The molecule has 0 radical (unpaired) electrons. The third kappa shape index (κ3) is 3.74. The van der Waals surface area contributed by atoms with E-state index in [1.54, 1.807) is 13.2 Å². The third-order valence-electron chi connectivity index (χ3n) is 3.12. The zero-order chi connectivity index (χ0) is 15.1. The van der Waals surface area contributed by atoms with Crippen LogP contribution in [0.4, 0.5) is 0 Å². The first-order valence-corrected chi connectivity index (χ1v) is 6.70. The molecule has 2 rings (SSSR count). The Kier molecular flexibility index (Phi) is 5.19. The highest BCUT2D eigenvalue weighted by Crippen LogP contribution is 2.22. The normalized spacial score (nSPS) is 9.95. The summed E-state index contributed by atoms with van der Waals surface area (Å²) < 4.78 is 11.1. The molecule has 0 aliphatic rings. The Morgan fingerprint density at radius 2 is 1.95 bits per heavy atom. The summed E-state index contributed by atoms with van der Waals surface area (Å²) >= 11 is 0. The van der Waals surface area contributed by atoms with E-state index in [4.69, 9.17) is 14.7 Å². The van der Waals surface area contributed by atoms with Gasteiger partial charge in [-0.1, -0.05) is 24.3 Å². The SMILES string of the molecule is CNCc1ccccc1OCc1ccc(C#N)c(OC)c1. The second kappa shape index (κ2) is 7.32. The molecule has 0 bridgehead atoms. The largest absolute Gasteiger partial charge is 0.495 e. The van der Waals surface area contributed by atoms with Crippen LogP contribution in [0.15, 0.2) is 42.5 Å². The zero-order valence-corrected chi connectivity index (χ0v) is 12.2. The molecule has 4 heteroatoms. The van der Waals surface area contributed by atoms with Crippen molar-refractivity contribution in [2.45, 2.75) is 13.2 Å². The average Bonchev–Trinajstić information content (AvgIpc) is 2.54. The molecule has 21 heavy (non-hydrogen) atoms. The molecule has 0 aliphatic heterocycles. The van der Waals surface area contributed by atoms with E-state index in [1.807, 2.05) is 43.4 Å². The first-order valence-electron chi connectivity index (χ1n) is 6.70. The highest BCUT2D eigenvalue weighted by molar-refractivity contribution is 5.45. The molecule has 1 N–H and O–H groups in total. The molecule has 4 nitrogen and oxygen atoms in total. The Labute approximate surface area is 124 Å². The van der Waals surface area contributed by atoms with Crippen molar-refractivity contribution in [2.24, 2.45) is 0 Å². The van der Waals surface area contributed by atoms with Gasteiger partial charge in [0.1, 0.15) is 24.2 Å². The summed E-state index contributed by atoms with van der Waals surface area (Å²) in [5.41, 5.74) is 2.60. The summed E-state index contributed by atoms with van der Waals surface area (Å²) in [6, 6.07) is 15.5. The lowest BCUT2D eigenvalue weighted by molar-refractivity contribution is 0.301. The Hall–Kier alpha value is -2.51. The quantitative estimate of drug-likeness (QED) is 0.885. The molecule has 0 fully saturated rings. The molecule has 0 aromatic heterocycles. The van der Waals surface area contributed by atoms with Gasteiger partial charge >= 0.3 is 0 Å². The Balaban J connectivity index is 2.12. The van der Waals surface area contributed by atoms with Gasteiger partial charge in [-0.3, -0.25) is 0 Å². The minimum atomic E-state index is 0.433. The summed E-state index contributed by atoms with van der Waals surface area (Å²) in [7, 11) is 3.46. The molecule has 0 spiro atoms. The maximum Gasteiger partial charge on any atom is 0.137 e. The predicted octanol–water partition coefficient (Wildman–Crippen LogP) is 2.87. The van der Waals surface area contributed by atoms with Gasteiger partial charge in [-0.2, -0.15) is 5.26 Å². The lowest BCUT2D eigenvalue weighted by Crippen LogP contribution is -2.07. The fourth-order valence-electron chi connectivity index (χ4n) is 2.06. The van der Waals surface area contributed by atoms with Gasteiger partial charge in [-0.15, -0.1) is 0 Å². The number of nitrogens with one attached hydrogen (secondary N) is 1. The Morgan fingerprint density at radius 1 is 1.14 bits per heavy atom. The Bertz CT molecular complexity index is 647. The topological polar surface area (TPSA) is 54.3 Å². The van der Waals surface area contributed by atoms with Crippen LogP contribution in [0.25, 0.3) is 0 Å². The van der Waals surface area contributed by atoms with Crippen molar-refractivity contribution in [3.05, 3.63) is 59.2 Å². The van der Waals surface area contributed by atoms with E-state index < -0.39 is 0 Å². The minimum Gasteiger partial charge on any atom is -0.495 e. The monoisotopic (exact) mass is 282 g/mol. The summed E-state index contributed by atoms with van der Waals surface area (Å²) in [6.07, 6.45) is 0. The van der Waals surface area contributed by atoms with Crippen molar-refractivity contribution < 1.29 is 9.47 Å². The van der Waals surface area contributed by atoms with Crippen molar-refractivity contribution in [3.63, 3.8) is 0 Å². The highest BCUT2D eigenvalue weighted by Gasteiger charge is 2.06. The summed E-state index contributed by atoms with van der Waals surface area (Å²) in [4.78, 5) is 0. The summed E-state index contributed by atoms with van der Waals surface area (Å²) in [5, 5.41) is 12.1. The predicted molar refractivity (Wildman–Crippen MR) is 81.2 cm³/mol. The van der Waals surface area contributed by atoms with Gasteiger partial charge in [0.05, 0.1) is 12.7 Å². The number of hydrogen-bond donors (Lipinski definition) is 1. The smallest absolute Gasteiger partial charge is 0.137 e. The van der Waals surface area contributed by atoms with Crippen LogP contribution in [0.3, 0.4) is 0 Å². The molecule has 0 saturated heterocycles. The van der Waals surface area contributed by atoms with Crippen molar-refractivity contribution in [1.82, 2.24) is 5.32 Å². The third-order valence-corrected chi connectivity index (χ3v) is 3.12. The molecular formula is C17H18N2O2. The van der Waals surface area contributed by atoms with Gasteiger partial charge in [0.2, 0.25) is 0 Å². The first kappa shape index (κ1) is 14.9. The van der Waals surface area contributed by atoms with Crippen LogP contribution in [0.2, 0.25) is 0 Å². The second-order valence-corrected chi connectivity index (χ2v) is 4.57. The molecule has 0 amide bonds. The molecule has 0 unspecified atom stereocenters. The average molecular weight is 282 g/mol. The van der Waals surface area contributed by atoms with Crippen molar-refractivity contribution >= 4 is 0 Å². The number of benzene rings is 2. The van der Waals surface area contributed by atoms with Gasteiger partial charge < -0.3 is 14.8 Å². The van der Waals surface area contributed by atoms with E-state index in [1.165, 1.54) is 0 Å². The van der Waals surface area contributed by atoms with Gasteiger partial charge in [-0.05, 0) is 30.8 Å². The van der Waals surface area contributed by atoms with E-state index in [0.29, 0.717) is 17.9 Å². The van der Waals surface area contributed by atoms with Crippen molar-refractivity contribution in [3.8, 4) is 17.6 Å². The fourth-order valence-corrected chi connectivity index (χ4v) is 2.06. The highest BCUT2D eigenvalue weighted by atomic mass is 16.5. The molecule has 0 atom stereocenters. The van der Waals surface area contributed by atoms with Crippen LogP contribution in [0, 0.1) is 11.3 Å². The van der Waals surface area contributed by atoms with Gasteiger partial charge in [0.25, 0.3) is 0 Å². The molecule has 0 aliphatic carbocycles. The molecule has 0 saturated carbocycles. The maximum atomic E-state index is 8.98. The summed E-state index contributed by atoms with van der Waals surface area (Å²) in [6.45, 7) is 1.19. The number of ether oxygens (including phenoxy) is 2. The molecule has 108 valence electrons. The molecular weight excluding hydrogens is 264 g/mol. The van der Waals surface area contributed by atoms with Crippen LogP contribution in [0.1, 0.15) is 16.7 Å². The molecule has 2 aromatic rings. The number of nitriles is 1. The number of para-hydroxylation sites is 1. The molecule has 0 heterocycles. The van der Waals surface area contributed by atoms with Gasteiger partial charge in [0, 0.05) is 12.1 Å². The number of nitrogens with zero attached hydrogens (tertiary/aromatic N) is 1. The van der Waals surface area contributed by atoms with Crippen LogP contribution in [-0.2, 0) is 13.2 Å². The van der Waals surface area contributed by atoms with Crippen molar-refractivity contribution in [1.29, 1.82) is 5.26 Å². The molecule has 2 aromatic carbocycles. The number of hydrogen-bond acceptors (Lipinski definition) is 4. The minimum absolute atomic E-state index is 0.433. The lowest BCUT2D eigenvalue weighted by atomic mass is 10.1. The van der Waals surface area contributed by atoms with Crippen molar-refractivity contribution in [2.75, 3.05) is 14.2 Å². The van der Waals surface area contributed by atoms with E-state index in [9.17, 15) is 0 Å². The van der Waals surface area contributed by atoms with Crippen LogP contribution < -0.4 is 14.8 Å².